The van der Waals surface area contributed by atoms with E-state index in [0.717, 1.165) is 51.4 Å². The van der Waals surface area contributed by atoms with Gasteiger partial charge in [0.25, 0.3) is 0 Å². The molecule has 11 atom stereocenters. The summed E-state index contributed by atoms with van der Waals surface area (Å²) in [6.45, 7) is 17.7. The van der Waals surface area contributed by atoms with Crippen LogP contribution in [0.2, 0.25) is 0 Å². The van der Waals surface area contributed by atoms with E-state index in [1.54, 1.807) is 0 Å². The van der Waals surface area contributed by atoms with Crippen LogP contribution >= 0.6 is 0 Å². The number of rotatable bonds is 2. The second kappa shape index (κ2) is 8.32. The van der Waals surface area contributed by atoms with Gasteiger partial charge in [-0.15, -0.1) is 0 Å². The van der Waals surface area contributed by atoms with E-state index in [4.69, 9.17) is 4.74 Å². The van der Waals surface area contributed by atoms with Crippen molar-refractivity contribution >= 4 is 11.9 Å². The number of allylic oxidation sites excluding steroid dienone is 2. The number of fused-ring (bicyclic) bond motifs is 7. The highest BCUT2D eigenvalue weighted by atomic mass is 16.5. The molecule has 5 nitrogen and oxygen atoms in total. The molecule has 5 aliphatic carbocycles. The molecule has 2 N–H and O–H groups in total. The minimum atomic E-state index is -0.649. The molecule has 4 saturated carbocycles. The topological polar surface area (TPSA) is 83.8 Å². The monoisotopic (exact) mass is 514 g/mol. The van der Waals surface area contributed by atoms with Crippen LogP contribution in [0.25, 0.3) is 0 Å². The smallest absolute Gasteiger partial charge is 0.310 e. The maximum absolute atomic E-state index is 12.9. The Labute approximate surface area is 223 Å². The van der Waals surface area contributed by atoms with Gasteiger partial charge in [0.05, 0.1) is 11.5 Å². The van der Waals surface area contributed by atoms with Crippen LogP contribution in [0.4, 0.5) is 0 Å². The maximum Gasteiger partial charge on any atom is 0.310 e. The zero-order chi connectivity index (χ0) is 27.3. The molecular weight excluding hydrogens is 464 g/mol. The van der Waals surface area contributed by atoms with Crippen molar-refractivity contribution in [3.05, 3.63) is 11.6 Å². The van der Waals surface area contributed by atoms with Gasteiger partial charge in [-0.2, -0.15) is 0 Å². The number of aliphatic carboxylic acids is 1. The normalized spacial score (nSPS) is 52.5. The minimum Gasteiger partial charge on any atom is -0.481 e. The molecule has 208 valence electrons. The van der Waals surface area contributed by atoms with Crippen LogP contribution in [-0.2, 0) is 14.3 Å². The highest BCUT2D eigenvalue weighted by molar-refractivity contribution is 5.76. The van der Waals surface area contributed by atoms with Crippen molar-refractivity contribution in [1.29, 1.82) is 0 Å². The number of aliphatic hydroxyl groups is 1. The lowest BCUT2D eigenvalue weighted by Gasteiger charge is -2.72. The summed E-state index contributed by atoms with van der Waals surface area (Å²) < 4.78 is 5.81. The molecule has 5 aliphatic rings. The molecule has 0 heterocycles. The standard InChI is InChI=1S/C32H50O5/c1-18-11-14-32(27(35)36)16-15-30(7)21(25(32)19(18)2)9-10-23-29(6)13-12-24(37-20(3)33)28(4,5)26(29)22(34)17-31(23,30)8/h9,18-19,22-26,34H,10-17H2,1-8H3,(H,35,36)/t18-,19+,22-,23-,24+,25+,26+,29-,30-,31-,32+/m1/s1. The van der Waals surface area contributed by atoms with Gasteiger partial charge in [-0.05, 0) is 97.2 Å². The van der Waals surface area contributed by atoms with Crippen molar-refractivity contribution in [2.75, 3.05) is 0 Å². The lowest BCUT2D eigenvalue weighted by molar-refractivity contribution is -0.246. The van der Waals surface area contributed by atoms with Crippen LogP contribution in [-0.4, -0.2) is 34.4 Å². The summed E-state index contributed by atoms with van der Waals surface area (Å²) in [5, 5.41) is 22.6. The van der Waals surface area contributed by atoms with E-state index in [1.807, 2.05) is 0 Å². The molecule has 5 heteroatoms. The van der Waals surface area contributed by atoms with Crippen molar-refractivity contribution in [2.45, 2.75) is 119 Å². The van der Waals surface area contributed by atoms with E-state index in [9.17, 15) is 19.8 Å². The van der Waals surface area contributed by atoms with Crippen LogP contribution in [0.1, 0.15) is 107 Å². The molecule has 0 aromatic rings. The average Bonchev–Trinajstić information content (AvgIpc) is 2.78. The predicted molar refractivity (Wildman–Crippen MR) is 144 cm³/mol. The highest BCUT2D eigenvalue weighted by Gasteiger charge is 2.71. The van der Waals surface area contributed by atoms with Gasteiger partial charge >= 0.3 is 11.9 Å². The third-order valence-corrected chi connectivity index (χ3v) is 13.5. The van der Waals surface area contributed by atoms with Crippen molar-refractivity contribution in [1.82, 2.24) is 0 Å². The molecule has 0 aromatic carbocycles. The maximum atomic E-state index is 12.9. The van der Waals surface area contributed by atoms with Gasteiger partial charge in [-0.3, -0.25) is 9.59 Å². The van der Waals surface area contributed by atoms with Gasteiger partial charge in [-0.25, -0.2) is 0 Å². The summed E-state index contributed by atoms with van der Waals surface area (Å²) in [7, 11) is 0. The van der Waals surface area contributed by atoms with Gasteiger partial charge < -0.3 is 14.9 Å². The molecule has 0 spiro atoms. The first-order valence-corrected chi connectivity index (χ1v) is 14.9. The summed E-state index contributed by atoms with van der Waals surface area (Å²) in [4.78, 5) is 24.8. The largest absolute Gasteiger partial charge is 0.481 e. The Balaban J connectivity index is 1.60. The van der Waals surface area contributed by atoms with Gasteiger partial charge in [0.2, 0.25) is 0 Å². The lowest BCUT2D eigenvalue weighted by Crippen LogP contribution is -2.68. The van der Waals surface area contributed by atoms with Gasteiger partial charge in [-0.1, -0.05) is 60.1 Å². The summed E-state index contributed by atoms with van der Waals surface area (Å²) in [5.74, 6) is 0.526. The fourth-order valence-corrected chi connectivity index (χ4v) is 11.4. The predicted octanol–water partition coefficient (Wildman–Crippen LogP) is 6.63. The SMILES string of the molecule is CC(=O)O[C@H]1CC[C@]2(C)[C@H]3CC=C4[C@@H]5[C@@H](C)[C@H](C)CC[C@]5(C(=O)O)CC[C@@]4(C)[C@]3(C)C[C@@H](O)[C@H]2C1(C)C. The van der Waals surface area contributed by atoms with Crippen molar-refractivity contribution in [3.63, 3.8) is 0 Å². The molecule has 0 unspecified atom stereocenters. The number of carbonyl (C=O) groups is 2. The van der Waals surface area contributed by atoms with E-state index < -0.39 is 17.5 Å². The highest BCUT2D eigenvalue weighted by Crippen LogP contribution is 2.75. The average molecular weight is 515 g/mol. The van der Waals surface area contributed by atoms with Crippen molar-refractivity contribution in [2.24, 2.45) is 56.7 Å². The molecular formula is C32H50O5. The van der Waals surface area contributed by atoms with E-state index in [0.29, 0.717) is 17.8 Å². The number of carboxylic acids is 1. The fourth-order valence-electron chi connectivity index (χ4n) is 11.4. The number of hydrogen-bond donors (Lipinski definition) is 2. The summed E-state index contributed by atoms with van der Waals surface area (Å²) >= 11 is 0. The molecule has 0 aromatic heterocycles. The van der Waals surface area contributed by atoms with Crippen LogP contribution in [0.15, 0.2) is 11.6 Å². The first-order chi connectivity index (χ1) is 17.1. The van der Waals surface area contributed by atoms with Gasteiger partial charge in [0, 0.05) is 12.3 Å². The Hall–Kier alpha value is -1.36. The third kappa shape index (κ3) is 3.37. The summed E-state index contributed by atoms with van der Waals surface area (Å²) in [5.41, 5.74) is 0.103. The van der Waals surface area contributed by atoms with E-state index in [1.165, 1.54) is 12.5 Å². The molecule has 0 amide bonds. The first-order valence-electron chi connectivity index (χ1n) is 14.9. The first kappa shape index (κ1) is 27.2. The molecule has 0 radical (unpaired) electrons. The number of hydrogen-bond acceptors (Lipinski definition) is 4. The van der Waals surface area contributed by atoms with Gasteiger partial charge in [0.15, 0.2) is 0 Å². The van der Waals surface area contributed by atoms with Crippen LogP contribution in [0.3, 0.4) is 0 Å². The Morgan fingerprint density at radius 1 is 1.00 bits per heavy atom. The van der Waals surface area contributed by atoms with E-state index in [-0.39, 0.29) is 45.6 Å². The zero-order valence-electron chi connectivity index (χ0n) is 24.4. The molecule has 0 bridgehead atoms. The van der Waals surface area contributed by atoms with E-state index >= 15 is 0 Å². The Kier molecular flexibility index (Phi) is 6.12. The Bertz CT molecular complexity index is 1010. The Morgan fingerprint density at radius 2 is 1.68 bits per heavy atom. The number of carbonyl (C=O) groups excluding carboxylic acids is 1. The lowest BCUT2D eigenvalue weighted by atomic mass is 9.33. The molecule has 4 fully saturated rings. The molecule has 37 heavy (non-hydrogen) atoms. The van der Waals surface area contributed by atoms with Crippen LogP contribution < -0.4 is 0 Å². The fraction of sp³-hybridized carbons (Fsp3) is 0.875. The number of aliphatic hydroxyl groups excluding tert-OH is 1. The number of carboxylic acid groups (broad SMARTS) is 1. The third-order valence-electron chi connectivity index (χ3n) is 13.5. The van der Waals surface area contributed by atoms with Gasteiger partial charge in [0.1, 0.15) is 6.10 Å². The molecule has 0 aliphatic heterocycles. The van der Waals surface area contributed by atoms with Crippen molar-refractivity contribution < 1.29 is 24.5 Å². The van der Waals surface area contributed by atoms with Crippen molar-refractivity contribution in [3.8, 4) is 0 Å². The second-order valence-electron chi connectivity index (χ2n) is 15.2. The van der Waals surface area contributed by atoms with E-state index in [2.05, 4.69) is 54.5 Å². The second-order valence-corrected chi connectivity index (χ2v) is 15.2. The quantitative estimate of drug-likeness (QED) is 0.319. The van der Waals surface area contributed by atoms with Crippen LogP contribution in [0, 0.1) is 56.7 Å². The minimum absolute atomic E-state index is 0.0463. The number of esters is 1. The summed E-state index contributed by atoms with van der Waals surface area (Å²) in [6, 6.07) is 0. The molecule has 5 rings (SSSR count). The molecule has 0 saturated heterocycles. The summed E-state index contributed by atoms with van der Waals surface area (Å²) in [6.07, 6.45) is 8.63. The number of ether oxygens (including phenoxy) is 1. The van der Waals surface area contributed by atoms with Crippen LogP contribution in [0.5, 0.6) is 0 Å². The Morgan fingerprint density at radius 3 is 2.30 bits per heavy atom. The zero-order valence-corrected chi connectivity index (χ0v) is 24.4.